The molecule has 2 atom stereocenters. The Balaban J connectivity index is 2.41. The first-order valence-electron chi connectivity index (χ1n) is 6.39. The van der Waals surface area contributed by atoms with Gasteiger partial charge in [0.15, 0.2) is 5.78 Å². The largest absolute Gasteiger partial charge is 0.295 e. The van der Waals surface area contributed by atoms with E-state index in [4.69, 9.17) is 0 Å². The normalized spacial score (nSPS) is 34.6. The van der Waals surface area contributed by atoms with Gasteiger partial charge in [-0.3, -0.25) is 4.79 Å². The van der Waals surface area contributed by atoms with Gasteiger partial charge in [-0.15, -0.1) is 0 Å². The highest BCUT2D eigenvalue weighted by Crippen LogP contribution is 2.49. The van der Waals surface area contributed by atoms with E-state index in [2.05, 4.69) is 33.8 Å². The zero-order valence-electron chi connectivity index (χ0n) is 10.8. The summed E-state index contributed by atoms with van der Waals surface area (Å²) < 4.78 is 0. The lowest BCUT2D eigenvalue weighted by Crippen LogP contribution is -2.35. The van der Waals surface area contributed by atoms with Gasteiger partial charge >= 0.3 is 0 Å². The Hall–Kier alpha value is -0.850. The van der Waals surface area contributed by atoms with Crippen molar-refractivity contribution in [3.63, 3.8) is 0 Å². The van der Waals surface area contributed by atoms with Crippen molar-refractivity contribution in [2.75, 3.05) is 0 Å². The molecule has 0 bridgehead atoms. The second-order valence-electron chi connectivity index (χ2n) is 5.96. The Morgan fingerprint density at radius 3 is 2.69 bits per heavy atom. The molecule has 0 aromatic carbocycles. The van der Waals surface area contributed by atoms with Crippen LogP contribution >= 0.6 is 0 Å². The second-order valence-corrected chi connectivity index (χ2v) is 5.96. The molecule has 1 heteroatoms. The number of carbonyl (C=O) groups is 1. The molecule has 2 aliphatic carbocycles. The standard InChI is InChI=1S/C15H22O/c1-10(2)12-5-6-15(4)11(3)7-14(16)9-13(15)8-12/h8-11H,5-7H2,1-4H3. The summed E-state index contributed by atoms with van der Waals surface area (Å²) in [5, 5.41) is 0. The number of fused-ring (bicyclic) bond motifs is 1. The number of allylic oxidation sites excluding steroid dienone is 4. The predicted molar refractivity (Wildman–Crippen MR) is 67.1 cm³/mol. The van der Waals surface area contributed by atoms with E-state index in [-0.39, 0.29) is 5.41 Å². The molecule has 0 aliphatic heterocycles. The van der Waals surface area contributed by atoms with Crippen LogP contribution in [0.4, 0.5) is 0 Å². The molecule has 88 valence electrons. The number of carbonyl (C=O) groups excluding carboxylic acids is 1. The van der Waals surface area contributed by atoms with Crippen molar-refractivity contribution in [3.05, 3.63) is 23.3 Å². The lowest BCUT2D eigenvalue weighted by atomic mass is 9.61. The predicted octanol–water partition coefficient (Wildman–Crippen LogP) is 3.90. The molecule has 16 heavy (non-hydrogen) atoms. The highest BCUT2D eigenvalue weighted by molar-refractivity contribution is 5.92. The Kier molecular flexibility index (Phi) is 2.81. The van der Waals surface area contributed by atoms with Gasteiger partial charge in [0.25, 0.3) is 0 Å². The van der Waals surface area contributed by atoms with Gasteiger partial charge in [0, 0.05) is 6.42 Å². The van der Waals surface area contributed by atoms with Gasteiger partial charge in [0.2, 0.25) is 0 Å². The van der Waals surface area contributed by atoms with Gasteiger partial charge in [0.1, 0.15) is 0 Å². The molecule has 0 aromatic rings. The zero-order chi connectivity index (χ0) is 11.9. The minimum absolute atomic E-state index is 0.242. The Labute approximate surface area is 98.6 Å². The molecule has 0 amide bonds. The van der Waals surface area contributed by atoms with Crippen molar-refractivity contribution >= 4 is 5.78 Å². The SMILES string of the molecule is CC(C)C1=CC2=CC(=O)CC(C)C2(C)CC1. The minimum Gasteiger partial charge on any atom is -0.295 e. The smallest absolute Gasteiger partial charge is 0.156 e. The molecule has 0 aromatic heterocycles. The van der Waals surface area contributed by atoms with E-state index < -0.39 is 0 Å². The quantitative estimate of drug-likeness (QED) is 0.652. The molecular formula is C15H22O. The number of hydrogen-bond donors (Lipinski definition) is 0. The molecule has 0 heterocycles. The molecule has 1 nitrogen and oxygen atoms in total. The van der Waals surface area contributed by atoms with Crippen LogP contribution in [0.5, 0.6) is 0 Å². The highest BCUT2D eigenvalue weighted by Gasteiger charge is 2.40. The van der Waals surface area contributed by atoms with Gasteiger partial charge in [-0.25, -0.2) is 0 Å². The van der Waals surface area contributed by atoms with E-state index in [0.29, 0.717) is 17.6 Å². The van der Waals surface area contributed by atoms with Crippen LogP contribution in [0.1, 0.15) is 47.0 Å². The molecule has 0 N–H and O–H groups in total. The van der Waals surface area contributed by atoms with Gasteiger partial charge in [-0.2, -0.15) is 0 Å². The van der Waals surface area contributed by atoms with E-state index in [1.807, 2.05) is 6.08 Å². The van der Waals surface area contributed by atoms with Gasteiger partial charge in [0.05, 0.1) is 0 Å². The van der Waals surface area contributed by atoms with Crippen LogP contribution in [-0.2, 0) is 4.79 Å². The Morgan fingerprint density at radius 1 is 1.38 bits per heavy atom. The average Bonchev–Trinajstić information content (AvgIpc) is 2.19. The van der Waals surface area contributed by atoms with Crippen LogP contribution in [-0.4, -0.2) is 5.78 Å². The molecule has 0 saturated carbocycles. The summed E-state index contributed by atoms with van der Waals surface area (Å²) in [7, 11) is 0. The molecule has 0 fully saturated rings. The first-order chi connectivity index (χ1) is 7.43. The number of ketones is 1. The van der Waals surface area contributed by atoms with Crippen molar-refractivity contribution in [2.45, 2.75) is 47.0 Å². The van der Waals surface area contributed by atoms with Crippen molar-refractivity contribution in [1.82, 2.24) is 0 Å². The second kappa shape index (κ2) is 3.87. The van der Waals surface area contributed by atoms with Crippen molar-refractivity contribution < 1.29 is 4.79 Å². The highest BCUT2D eigenvalue weighted by atomic mass is 16.1. The van der Waals surface area contributed by atoms with E-state index >= 15 is 0 Å². The maximum Gasteiger partial charge on any atom is 0.156 e. The van der Waals surface area contributed by atoms with E-state index in [9.17, 15) is 4.79 Å². The fourth-order valence-corrected chi connectivity index (χ4v) is 2.94. The zero-order valence-corrected chi connectivity index (χ0v) is 10.8. The number of hydrogen-bond acceptors (Lipinski definition) is 1. The molecule has 0 radical (unpaired) electrons. The van der Waals surface area contributed by atoms with Crippen LogP contribution in [0.3, 0.4) is 0 Å². The van der Waals surface area contributed by atoms with Crippen molar-refractivity contribution in [2.24, 2.45) is 17.3 Å². The summed E-state index contributed by atoms with van der Waals surface area (Å²) in [6, 6.07) is 0. The summed E-state index contributed by atoms with van der Waals surface area (Å²) in [5.74, 6) is 1.41. The first kappa shape index (κ1) is 11.6. The maximum atomic E-state index is 11.6. The van der Waals surface area contributed by atoms with Gasteiger partial charge < -0.3 is 0 Å². The summed E-state index contributed by atoms with van der Waals surface area (Å²) in [6.45, 7) is 9.02. The van der Waals surface area contributed by atoms with E-state index in [1.54, 1.807) is 0 Å². The van der Waals surface area contributed by atoms with Gasteiger partial charge in [-0.05, 0) is 41.7 Å². The molecule has 2 unspecified atom stereocenters. The average molecular weight is 218 g/mol. The first-order valence-corrected chi connectivity index (χ1v) is 6.39. The van der Waals surface area contributed by atoms with E-state index in [0.717, 1.165) is 6.42 Å². The summed E-state index contributed by atoms with van der Waals surface area (Å²) in [6.07, 6.45) is 7.31. The fraction of sp³-hybridized carbons (Fsp3) is 0.667. The lowest BCUT2D eigenvalue weighted by molar-refractivity contribution is -0.117. The molecule has 0 spiro atoms. The monoisotopic (exact) mass is 218 g/mol. The van der Waals surface area contributed by atoms with Crippen molar-refractivity contribution in [3.8, 4) is 0 Å². The molecule has 2 rings (SSSR count). The number of rotatable bonds is 1. The summed E-state index contributed by atoms with van der Waals surface area (Å²) in [5.41, 5.74) is 3.03. The van der Waals surface area contributed by atoms with Crippen LogP contribution in [0, 0.1) is 17.3 Å². The third-order valence-corrected chi connectivity index (χ3v) is 4.59. The minimum atomic E-state index is 0.242. The van der Waals surface area contributed by atoms with Crippen LogP contribution in [0.2, 0.25) is 0 Å². The van der Waals surface area contributed by atoms with Gasteiger partial charge in [-0.1, -0.05) is 39.3 Å². The fourth-order valence-electron chi connectivity index (χ4n) is 2.94. The third-order valence-electron chi connectivity index (χ3n) is 4.59. The van der Waals surface area contributed by atoms with Crippen LogP contribution < -0.4 is 0 Å². The summed E-state index contributed by atoms with van der Waals surface area (Å²) in [4.78, 5) is 11.6. The van der Waals surface area contributed by atoms with Crippen LogP contribution in [0.15, 0.2) is 23.3 Å². The third kappa shape index (κ3) is 1.77. The maximum absolute atomic E-state index is 11.6. The topological polar surface area (TPSA) is 17.1 Å². The summed E-state index contributed by atoms with van der Waals surface area (Å²) >= 11 is 0. The van der Waals surface area contributed by atoms with Crippen molar-refractivity contribution in [1.29, 1.82) is 0 Å². The molecular weight excluding hydrogens is 196 g/mol. The lowest BCUT2D eigenvalue weighted by Gasteiger charge is -2.43. The Morgan fingerprint density at radius 2 is 2.06 bits per heavy atom. The Bertz CT molecular complexity index is 373. The molecule has 2 aliphatic rings. The molecule has 0 saturated heterocycles. The van der Waals surface area contributed by atoms with E-state index in [1.165, 1.54) is 24.0 Å². The van der Waals surface area contributed by atoms with Crippen LogP contribution in [0.25, 0.3) is 0 Å².